The van der Waals surface area contributed by atoms with Gasteiger partial charge in [-0.1, -0.05) is 13.0 Å². The van der Waals surface area contributed by atoms with Gasteiger partial charge in [-0.3, -0.25) is 9.59 Å². The van der Waals surface area contributed by atoms with Crippen LogP contribution in [-0.2, 0) is 9.59 Å². The van der Waals surface area contributed by atoms with E-state index in [2.05, 4.69) is 0 Å². The van der Waals surface area contributed by atoms with Gasteiger partial charge in [0.15, 0.2) is 11.5 Å². The fraction of sp³-hybridized carbons (Fsp3) is 0.385. The Bertz CT molecular complexity index is 1100. The first kappa shape index (κ1) is 24.2. The third-order valence-electron chi connectivity index (χ3n) is 5.80. The normalized spacial score (nSPS) is 17.4. The monoisotopic (exact) mass is 453 g/mol. The van der Waals surface area contributed by atoms with Crippen molar-refractivity contribution in [1.82, 2.24) is 4.90 Å². The van der Waals surface area contributed by atoms with Gasteiger partial charge < -0.3 is 24.2 Å². The molecule has 1 N–H and O–H groups in total. The van der Waals surface area contributed by atoms with Gasteiger partial charge in [0.1, 0.15) is 11.5 Å². The first-order valence-corrected chi connectivity index (χ1v) is 11.0. The molecule has 1 amide bonds. The molecule has 1 heterocycles. The number of ketones is 1. The molecule has 0 spiro atoms. The second kappa shape index (κ2) is 9.98. The second-order valence-corrected chi connectivity index (χ2v) is 7.97. The van der Waals surface area contributed by atoms with E-state index in [-0.39, 0.29) is 11.3 Å². The summed E-state index contributed by atoms with van der Waals surface area (Å²) in [6.07, 6.45) is 0.665. The van der Waals surface area contributed by atoms with Gasteiger partial charge in [-0.25, -0.2) is 0 Å². The fourth-order valence-electron chi connectivity index (χ4n) is 4.24. The highest BCUT2D eigenvalue weighted by Gasteiger charge is 2.46. The number of likely N-dealkylation sites (tertiary alicyclic amines) is 1. The van der Waals surface area contributed by atoms with Crippen LogP contribution in [-0.4, -0.2) is 49.1 Å². The molecule has 1 aliphatic rings. The first-order chi connectivity index (χ1) is 15.8. The molecular formula is C26H31NO6. The Morgan fingerprint density at radius 3 is 2.27 bits per heavy atom. The number of benzene rings is 2. The van der Waals surface area contributed by atoms with Crippen LogP contribution in [0, 0.1) is 13.8 Å². The number of aliphatic hydroxyl groups excluding tert-OH is 1. The number of aliphatic hydroxyl groups is 1. The maximum atomic E-state index is 13.1. The number of carbonyl (C=O) groups is 2. The molecule has 7 heteroatoms. The number of nitrogens with zero attached hydrogens (tertiary/aromatic N) is 1. The third kappa shape index (κ3) is 4.40. The smallest absolute Gasteiger partial charge is 0.295 e. The number of hydrogen-bond donors (Lipinski definition) is 1. The molecule has 0 bridgehead atoms. The van der Waals surface area contributed by atoms with E-state index in [1.54, 1.807) is 37.4 Å². The Morgan fingerprint density at radius 2 is 1.67 bits per heavy atom. The van der Waals surface area contributed by atoms with E-state index < -0.39 is 17.7 Å². The molecule has 1 atom stereocenters. The number of ether oxygens (including phenoxy) is 3. The largest absolute Gasteiger partial charge is 0.507 e. The highest BCUT2D eigenvalue weighted by atomic mass is 16.5. The van der Waals surface area contributed by atoms with E-state index in [4.69, 9.17) is 14.2 Å². The molecule has 0 radical (unpaired) electrons. The van der Waals surface area contributed by atoms with Gasteiger partial charge in [-0.15, -0.1) is 0 Å². The molecule has 0 aromatic heterocycles. The van der Waals surface area contributed by atoms with Crippen molar-refractivity contribution in [3.8, 4) is 17.2 Å². The van der Waals surface area contributed by atoms with Crippen LogP contribution in [0.3, 0.4) is 0 Å². The zero-order valence-electron chi connectivity index (χ0n) is 20.0. The van der Waals surface area contributed by atoms with Crippen molar-refractivity contribution in [2.45, 2.75) is 40.2 Å². The van der Waals surface area contributed by atoms with Crippen LogP contribution in [0.15, 0.2) is 35.9 Å². The molecule has 2 aromatic carbocycles. The standard InChI is InChI=1S/C26H31NO6/c1-7-11-27-23(17-9-10-19(33-8-2)21(14-17)32-6)22(25(29)26(27)30)24(28)18-12-16(4)20(31-5)13-15(18)3/h9-10,12-14,23,28H,7-8,11H2,1-6H3/b24-22+. The summed E-state index contributed by atoms with van der Waals surface area (Å²) >= 11 is 0. The lowest BCUT2D eigenvalue weighted by molar-refractivity contribution is -0.139. The van der Waals surface area contributed by atoms with Crippen LogP contribution < -0.4 is 14.2 Å². The van der Waals surface area contributed by atoms with E-state index in [9.17, 15) is 14.7 Å². The van der Waals surface area contributed by atoms with Crippen molar-refractivity contribution in [3.63, 3.8) is 0 Å². The van der Waals surface area contributed by atoms with Crippen molar-refractivity contribution in [2.75, 3.05) is 27.4 Å². The Morgan fingerprint density at radius 1 is 0.970 bits per heavy atom. The molecule has 3 rings (SSSR count). The number of amides is 1. The minimum absolute atomic E-state index is 0.0623. The lowest BCUT2D eigenvalue weighted by Crippen LogP contribution is -2.30. The van der Waals surface area contributed by atoms with Crippen LogP contribution in [0.25, 0.3) is 5.76 Å². The van der Waals surface area contributed by atoms with E-state index in [1.807, 2.05) is 27.7 Å². The molecule has 1 saturated heterocycles. The molecule has 2 aromatic rings. The highest BCUT2D eigenvalue weighted by molar-refractivity contribution is 6.46. The Kier molecular flexibility index (Phi) is 7.31. The zero-order valence-corrected chi connectivity index (χ0v) is 20.0. The minimum Gasteiger partial charge on any atom is -0.507 e. The molecule has 7 nitrogen and oxygen atoms in total. The number of rotatable bonds is 8. The van der Waals surface area contributed by atoms with Crippen LogP contribution in [0.2, 0.25) is 0 Å². The maximum absolute atomic E-state index is 13.1. The lowest BCUT2D eigenvalue weighted by Gasteiger charge is -2.25. The average molecular weight is 454 g/mol. The van der Waals surface area contributed by atoms with Gasteiger partial charge in [0, 0.05) is 12.1 Å². The zero-order chi connectivity index (χ0) is 24.3. The van der Waals surface area contributed by atoms with Crippen LogP contribution in [0.1, 0.15) is 48.6 Å². The van der Waals surface area contributed by atoms with Gasteiger partial charge in [-0.2, -0.15) is 0 Å². The topological polar surface area (TPSA) is 85.3 Å². The summed E-state index contributed by atoms with van der Waals surface area (Å²) in [5.74, 6) is 0.216. The SMILES string of the molecule is CCCN1C(=O)C(=O)/C(=C(/O)c2cc(C)c(OC)cc2C)C1c1ccc(OCC)c(OC)c1. The number of hydrogen-bond acceptors (Lipinski definition) is 6. The molecule has 0 aliphatic carbocycles. The van der Waals surface area contributed by atoms with Crippen molar-refractivity contribution in [2.24, 2.45) is 0 Å². The molecule has 1 unspecified atom stereocenters. The summed E-state index contributed by atoms with van der Waals surface area (Å²) in [6.45, 7) is 8.35. The minimum atomic E-state index is -0.740. The van der Waals surface area contributed by atoms with E-state index >= 15 is 0 Å². The van der Waals surface area contributed by atoms with Gasteiger partial charge in [0.05, 0.1) is 32.4 Å². The van der Waals surface area contributed by atoms with Gasteiger partial charge >= 0.3 is 0 Å². The summed E-state index contributed by atoms with van der Waals surface area (Å²) in [7, 11) is 3.12. The summed E-state index contributed by atoms with van der Waals surface area (Å²) in [5.41, 5.74) is 2.76. The van der Waals surface area contributed by atoms with Crippen molar-refractivity contribution >= 4 is 17.4 Å². The Labute approximate surface area is 194 Å². The fourth-order valence-corrected chi connectivity index (χ4v) is 4.24. The van der Waals surface area contributed by atoms with E-state index in [0.29, 0.717) is 47.9 Å². The molecule has 1 aliphatic heterocycles. The number of aryl methyl sites for hydroxylation is 2. The molecule has 176 valence electrons. The Balaban J connectivity index is 2.24. The molecule has 1 fully saturated rings. The maximum Gasteiger partial charge on any atom is 0.295 e. The second-order valence-electron chi connectivity index (χ2n) is 7.97. The quantitative estimate of drug-likeness (QED) is 0.359. The van der Waals surface area contributed by atoms with Gasteiger partial charge in [0.25, 0.3) is 11.7 Å². The van der Waals surface area contributed by atoms with Gasteiger partial charge in [-0.05, 0) is 68.1 Å². The average Bonchev–Trinajstić information content (AvgIpc) is 3.05. The number of Topliss-reactive ketones (excluding diaryl/α,β-unsaturated/α-hetero) is 1. The third-order valence-corrected chi connectivity index (χ3v) is 5.80. The Hall–Kier alpha value is -3.48. The van der Waals surface area contributed by atoms with Crippen LogP contribution >= 0.6 is 0 Å². The van der Waals surface area contributed by atoms with Crippen LogP contribution in [0.4, 0.5) is 0 Å². The molecular weight excluding hydrogens is 422 g/mol. The molecule has 33 heavy (non-hydrogen) atoms. The number of carbonyl (C=O) groups excluding carboxylic acids is 2. The summed E-state index contributed by atoms with van der Waals surface area (Å²) in [6, 6.07) is 8.15. The lowest BCUT2D eigenvalue weighted by atomic mass is 9.93. The van der Waals surface area contributed by atoms with Gasteiger partial charge in [0.2, 0.25) is 0 Å². The van der Waals surface area contributed by atoms with E-state index in [0.717, 1.165) is 11.1 Å². The summed E-state index contributed by atoms with van der Waals surface area (Å²) < 4.78 is 16.5. The highest BCUT2D eigenvalue weighted by Crippen LogP contribution is 2.42. The van der Waals surface area contributed by atoms with Crippen molar-refractivity contribution < 1.29 is 28.9 Å². The predicted molar refractivity (Wildman–Crippen MR) is 126 cm³/mol. The van der Waals surface area contributed by atoms with Crippen LogP contribution in [0.5, 0.6) is 17.2 Å². The first-order valence-electron chi connectivity index (χ1n) is 11.0. The summed E-state index contributed by atoms with van der Waals surface area (Å²) in [4.78, 5) is 27.6. The summed E-state index contributed by atoms with van der Waals surface area (Å²) in [5, 5.41) is 11.3. The molecule has 0 saturated carbocycles. The predicted octanol–water partition coefficient (Wildman–Crippen LogP) is 4.55. The van der Waals surface area contributed by atoms with Crippen molar-refractivity contribution in [3.05, 3.63) is 58.2 Å². The van der Waals surface area contributed by atoms with Crippen molar-refractivity contribution in [1.29, 1.82) is 0 Å². The number of methoxy groups -OCH3 is 2. The van der Waals surface area contributed by atoms with E-state index in [1.165, 1.54) is 12.0 Å².